The molecule has 0 aliphatic heterocycles. The number of carboxylic acids is 1. The first-order valence-corrected chi connectivity index (χ1v) is 9.86. The lowest BCUT2D eigenvalue weighted by Gasteiger charge is -2.30. The molecule has 0 amide bonds. The minimum absolute atomic E-state index is 0.143. The van der Waals surface area contributed by atoms with Gasteiger partial charge in [-0.2, -0.15) is 0 Å². The summed E-state index contributed by atoms with van der Waals surface area (Å²) in [6.07, 6.45) is 3.88. The Bertz CT molecular complexity index is 498. The number of aliphatic carboxylic acids is 1. The summed E-state index contributed by atoms with van der Waals surface area (Å²) in [6, 6.07) is 9.37. The molecular weight excluding hydrogens is 376 g/mol. The Morgan fingerprint density at radius 3 is 1.83 bits per heavy atom. The lowest BCUT2D eigenvalue weighted by molar-refractivity contribution is -0.140. The monoisotopic (exact) mass is 416 g/mol. The Labute approximate surface area is 175 Å². The van der Waals surface area contributed by atoms with E-state index in [4.69, 9.17) is 29.9 Å². The summed E-state index contributed by atoms with van der Waals surface area (Å²) in [5.74, 6) is -1.16. The summed E-state index contributed by atoms with van der Waals surface area (Å²) >= 11 is 0. The molecule has 170 valence electrons. The van der Waals surface area contributed by atoms with Gasteiger partial charge in [-0.3, -0.25) is 0 Å². The third-order valence-corrected chi connectivity index (χ3v) is 2.88. The van der Waals surface area contributed by atoms with Crippen molar-refractivity contribution in [2.75, 3.05) is 19.8 Å². The topological polar surface area (TPSA) is 116 Å². The Morgan fingerprint density at radius 2 is 1.45 bits per heavy atom. The van der Waals surface area contributed by atoms with E-state index in [9.17, 15) is 4.79 Å². The summed E-state index contributed by atoms with van der Waals surface area (Å²) in [4.78, 5) is 10.8. The van der Waals surface area contributed by atoms with Gasteiger partial charge in [-0.25, -0.2) is 4.79 Å². The van der Waals surface area contributed by atoms with E-state index in [-0.39, 0.29) is 25.4 Å². The third kappa shape index (κ3) is 22.1. The molecule has 0 saturated carbocycles. The average Bonchev–Trinajstić information content (AvgIpc) is 2.67. The van der Waals surface area contributed by atoms with Gasteiger partial charge in [0.2, 0.25) is 5.79 Å². The van der Waals surface area contributed by atoms with Gasteiger partial charge in [0.25, 0.3) is 0 Å². The van der Waals surface area contributed by atoms with Crippen LogP contribution in [-0.4, -0.2) is 52.0 Å². The van der Waals surface area contributed by atoms with E-state index < -0.39 is 11.8 Å². The molecule has 7 heteroatoms. The molecule has 0 spiro atoms. The summed E-state index contributed by atoms with van der Waals surface area (Å²) in [5, 5.41) is 31.6. The molecule has 4 N–H and O–H groups in total. The minimum Gasteiger partial charge on any atom is -0.478 e. The van der Waals surface area contributed by atoms with Crippen molar-refractivity contribution in [2.24, 2.45) is 0 Å². The summed E-state index contributed by atoms with van der Waals surface area (Å²) in [6.45, 7) is 11.2. The predicted molar refractivity (Wildman–Crippen MR) is 116 cm³/mol. The number of hydrogen-bond acceptors (Lipinski definition) is 6. The number of ether oxygens (including phenoxy) is 2. The normalized spacial score (nSPS) is 11.8. The summed E-state index contributed by atoms with van der Waals surface area (Å²) < 4.78 is 11.5. The van der Waals surface area contributed by atoms with Crippen LogP contribution < -0.4 is 4.74 Å². The number of carbonyl (C=O) groups is 1. The van der Waals surface area contributed by atoms with Crippen molar-refractivity contribution in [3.05, 3.63) is 42.2 Å². The van der Waals surface area contributed by atoms with Crippen molar-refractivity contribution < 1.29 is 34.7 Å². The zero-order valence-electron chi connectivity index (χ0n) is 18.7. The maximum atomic E-state index is 10.8. The number of aliphatic hydroxyl groups excluding tert-OH is 3. The quantitative estimate of drug-likeness (QED) is 0.288. The van der Waals surface area contributed by atoms with Crippen LogP contribution >= 0.6 is 0 Å². The smallest absolute Gasteiger partial charge is 0.334 e. The number of carboxylic acid groups (broad SMARTS) is 1. The van der Waals surface area contributed by atoms with E-state index >= 15 is 0 Å². The molecule has 1 atom stereocenters. The van der Waals surface area contributed by atoms with Gasteiger partial charge in [-0.15, -0.1) is 0 Å². The van der Waals surface area contributed by atoms with E-state index in [1.54, 1.807) is 20.8 Å². The van der Waals surface area contributed by atoms with Crippen LogP contribution in [0.1, 0.15) is 60.8 Å². The number of aliphatic hydroxyl groups is 3. The van der Waals surface area contributed by atoms with Crippen molar-refractivity contribution in [1.29, 1.82) is 0 Å². The largest absolute Gasteiger partial charge is 0.478 e. The number of para-hydroxylation sites is 1. The lowest BCUT2D eigenvalue weighted by atomic mass is 10.1. The standard InChI is InChI=1S/C16H22O4.3C2H6O/c1-4-5-11-16(3,19-12-13(2)15(17)18)20-14-9-7-6-8-10-14;3*1-2-3/h6-10,12H,4-5,11H2,1-3H3,(H,17,18);3*3H,2H2,1H3. The molecule has 0 heterocycles. The molecule has 1 unspecified atom stereocenters. The fraction of sp³-hybridized carbons (Fsp3) is 0.591. The van der Waals surface area contributed by atoms with E-state index in [2.05, 4.69) is 6.92 Å². The minimum atomic E-state index is -0.998. The van der Waals surface area contributed by atoms with Gasteiger partial charge in [-0.1, -0.05) is 31.5 Å². The van der Waals surface area contributed by atoms with Crippen molar-refractivity contribution >= 4 is 5.97 Å². The zero-order valence-corrected chi connectivity index (χ0v) is 18.7. The van der Waals surface area contributed by atoms with Crippen LogP contribution in [0.4, 0.5) is 0 Å². The van der Waals surface area contributed by atoms with Crippen LogP contribution in [0.25, 0.3) is 0 Å². The predicted octanol–water partition coefficient (Wildman–Crippen LogP) is 3.97. The second-order valence-corrected chi connectivity index (χ2v) is 5.83. The van der Waals surface area contributed by atoms with Crippen LogP contribution in [-0.2, 0) is 9.53 Å². The van der Waals surface area contributed by atoms with E-state index in [0.29, 0.717) is 12.2 Å². The molecule has 0 fully saturated rings. The summed E-state index contributed by atoms with van der Waals surface area (Å²) in [7, 11) is 0. The van der Waals surface area contributed by atoms with Gasteiger partial charge >= 0.3 is 5.97 Å². The molecule has 1 rings (SSSR count). The Hall–Kier alpha value is -2.09. The van der Waals surface area contributed by atoms with Gasteiger partial charge < -0.3 is 29.9 Å². The summed E-state index contributed by atoms with van der Waals surface area (Å²) in [5.41, 5.74) is 0.143. The molecule has 0 aliphatic rings. The molecule has 0 saturated heterocycles. The highest BCUT2D eigenvalue weighted by atomic mass is 16.7. The van der Waals surface area contributed by atoms with Crippen molar-refractivity contribution in [3.8, 4) is 5.75 Å². The van der Waals surface area contributed by atoms with Gasteiger partial charge in [-0.05, 0) is 46.2 Å². The average molecular weight is 417 g/mol. The highest BCUT2D eigenvalue weighted by Crippen LogP contribution is 2.25. The maximum Gasteiger partial charge on any atom is 0.334 e. The van der Waals surface area contributed by atoms with Gasteiger partial charge in [0.15, 0.2) is 0 Å². The van der Waals surface area contributed by atoms with Crippen LogP contribution in [0.5, 0.6) is 5.75 Å². The van der Waals surface area contributed by atoms with Crippen molar-refractivity contribution in [3.63, 3.8) is 0 Å². The highest BCUT2D eigenvalue weighted by molar-refractivity contribution is 5.85. The van der Waals surface area contributed by atoms with Crippen LogP contribution in [0.15, 0.2) is 42.2 Å². The SMILES string of the molecule is CCCCC(C)(OC=C(C)C(=O)O)Oc1ccccc1.CCO.CCO.CCO. The number of unbranched alkanes of at least 4 members (excludes halogenated alkanes) is 1. The molecule has 29 heavy (non-hydrogen) atoms. The van der Waals surface area contributed by atoms with Crippen LogP contribution in [0, 0.1) is 0 Å². The van der Waals surface area contributed by atoms with Crippen molar-refractivity contribution in [2.45, 2.75) is 66.6 Å². The van der Waals surface area contributed by atoms with Gasteiger partial charge in [0.05, 0.1) is 11.8 Å². The second kappa shape index (κ2) is 22.2. The molecule has 0 aliphatic carbocycles. The molecule has 0 aromatic heterocycles. The highest BCUT2D eigenvalue weighted by Gasteiger charge is 2.27. The molecule has 7 nitrogen and oxygen atoms in total. The fourth-order valence-electron chi connectivity index (χ4n) is 1.63. The Morgan fingerprint density at radius 1 is 1.00 bits per heavy atom. The first-order chi connectivity index (χ1) is 13.7. The zero-order chi connectivity index (χ0) is 23.1. The third-order valence-electron chi connectivity index (χ3n) is 2.88. The van der Waals surface area contributed by atoms with Gasteiger partial charge in [0.1, 0.15) is 5.75 Å². The second-order valence-electron chi connectivity index (χ2n) is 5.83. The first-order valence-electron chi connectivity index (χ1n) is 9.86. The molecule has 0 bridgehead atoms. The number of benzene rings is 1. The Balaban J connectivity index is -0.000000638. The molecular formula is C22H40O7. The lowest BCUT2D eigenvalue weighted by Crippen LogP contribution is -2.34. The Kier molecular flexibility index (Phi) is 24.2. The van der Waals surface area contributed by atoms with Gasteiger partial charge in [0, 0.05) is 33.2 Å². The fourth-order valence-corrected chi connectivity index (χ4v) is 1.63. The molecule has 1 aromatic carbocycles. The first kappa shape index (κ1) is 31.6. The number of rotatable bonds is 8. The van der Waals surface area contributed by atoms with Crippen LogP contribution in [0.3, 0.4) is 0 Å². The van der Waals surface area contributed by atoms with E-state index in [1.165, 1.54) is 13.2 Å². The molecule has 0 radical (unpaired) electrons. The van der Waals surface area contributed by atoms with E-state index in [1.807, 2.05) is 37.3 Å². The van der Waals surface area contributed by atoms with Crippen LogP contribution in [0.2, 0.25) is 0 Å². The maximum absolute atomic E-state index is 10.8. The van der Waals surface area contributed by atoms with E-state index in [0.717, 1.165) is 12.8 Å². The number of hydrogen-bond donors (Lipinski definition) is 4. The van der Waals surface area contributed by atoms with Crippen molar-refractivity contribution in [1.82, 2.24) is 0 Å². The molecule has 1 aromatic rings.